The van der Waals surface area contributed by atoms with Crippen molar-refractivity contribution >= 4 is 11.8 Å². The van der Waals surface area contributed by atoms with Crippen LogP contribution in [0.25, 0.3) is 0 Å². The maximum Gasteiger partial charge on any atom is 0.255 e. The maximum absolute atomic E-state index is 13.0. The van der Waals surface area contributed by atoms with Crippen molar-refractivity contribution < 1.29 is 14.3 Å². The standard InChI is InChI=1S/C37H66N2O3/c1-4-7-10-13-14-15-16-17-18-19-20-23-26-31-42-35-32-33(36(40)38-29-24-21-11-8-5-2)27-28-34(35)37(41)39-30-25-22-12-9-6-3/h27-28,32H,4-26,29-31H2,1-3H3,(H,38,40)(H,39,41). The number of nitrogens with one attached hydrogen (secondary N) is 2. The van der Waals surface area contributed by atoms with Gasteiger partial charge in [-0.1, -0.05) is 149 Å². The van der Waals surface area contributed by atoms with Gasteiger partial charge in [0.05, 0.1) is 12.2 Å². The van der Waals surface area contributed by atoms with Crippen LogP contribution >= 0.6 is 0 Å². The first-order chi connectivity index (χ1) is 20.6. The van der Waals surface area contributed by atoms with Crippen LogP contribution in [0.15, 0.2) is 18.2 Å². The topological polar surface area (TPSA) is 67.4 Å². The van der Waals surface area contributed by atoms with Gasteiger partial charge < -0.3 is 15.4 Å². The van der Waals surface area contributed by atoms with E-state index in [2.05, 4.69) is 31.4 Å². The van der Waals surface area contributed by atoms with Gasteiger partial charge in [0.15, 0.2) is 0 Å². The fourth-order valence-electron chi connectivity index (χ4n) is 5.33. The molecule has 5 nitrogen and oxygen atoms in total. The molecule has 2 amide bonds. The predicted molar refractivity (Wildman–Crippen MR) is 180 cm³/mol. The van der Waals surface area contributed by atoms with Crippen LogP contribution in [0.4, 0.5) is 0 Å². The van der Waals surface area contributed by atoms with E-state index in [4.69, 9.17) is 4.74 Å². The Balaban J connectivity index is 2.47. The Morgan fingerprint density at radius 3 is 1.40 bits per heavy atom. The monoisotopic (exact) mass is 587 g/mol. The first-order valence-electron chi connectivity index (χ1n) is 18.0. The van der Waals surface area contributed by atoms with Gasteiger partial charge in [0.2, 0.25) is 0 Å². The Morgan fingerprint density at radius 1 is 0.524 bits per heavy atom. The zero-order valence-electron chi connectivity index (χ0n) is 27.8. The molecule has 42 heavy (non-hydrogen) atoms. The molecular formula is C37H66N2O3. The third-order valence-corrected chi connectivity index (χ3v) is 8.13. The van der Waals surface area contributed by atoms with Crippen LogP contribution in [0.3, 0.4) is 0 Å². The van der Waals surface area contributed by atoms with E-state index in [1.165, 1.54) is 109 Å². The summed E-state index contributed by atoms with van der Waals surface area (Å²) in [6.07, 6.45) is 28.6. The van der Waals surface area contributed by atoms with Crippen LogP contribution in [0.2, 0.25) is 0 Å². The largest absolute Gasteiger partial charge is 0.493 e. The number of ether oxygens (including phenoxy) is 1. The van der Waals surface area contributed by atoms with E-state index in [0.717, 1.165) is 38.5 Å². The zero-order chi connectivity index (χ0) is 30.5. The van der Waals surface area contributed by atoms with Crippen molar-refractivity contribution in [3.05, 3.63) is 29.3 Å². The number of carbonyl (C=O) groups excluding carboxylic acids is 2. The minimum atomic E-state index is -0.117. The second-order valence-corrected chi connectivity index (χ2v) is 12.1. The molecule has 0 heterocycles. The SMILES string of the molecule is CCCCCCCCCCCCCCCOc1cc(C(=O)NCCCCCCC)ccc1C(=O)NCCCCCCC. The second-order valence-electron chi connectivity index (χ2n) is 12.1. The van der Waals surface area contributed by atoms with E-state index in [9.17, 15) is 9.59 Å². The Morgan fingerprint density at radius 2 is 0.929 bits per heavy atom. The third-order valence-electron chi connectivity index (χ3n) is 8.13. The number of carbonyl (C=O) groups is 2. The van der Waals surface area contributed by atoms with Crippen LogP contribution in [0, 0.1) is 0 Å². The van der Waals surface area contributed by atoms with Gasteiger partial charge in [0.25, 0.3) is 11.8 Å². The highest BCUT2D eigenvalue weighted by molar-refractivity contribution is 6.00. The molecule has 0 aromatic heterocycles. The van der Waals surface area contributed by atoms with E-state index in [1.54, 1.807) is 18.2 Å². The molecule has 2 N–H and O–H groups in total. The van der Waals surface area contributed by atoms with Gasteiger partial charge in [0.1, 0.15) is 5.75 Å². The normalized spacial score (nSPS) is 11.0. The van der Waals surface area contributed by atoms with Crippen molar-refractivity contribution in [1.29, 1.82) is 0 Å². The second kappa shape index (κ2) is 27.8. The number of hydrogen-bond acceptors (Lipinski definition) is 3. The molecule has 1 rings (SSSR count). The molecule has 242 valence electrons. The molecule has 5 heteroatoms. The van der Waals surface area contributed by atoms with E-state index in [1.807, 2.05) is 0 Å². The highest BCUT2D eigenvalue weighted by Crippen LogP contribution is 2.22. The number of rotatable bonds is 29. The van der Waals surface area contributed by atoms with Crippen LogP contribution in [0.1, 0.15) is 189 Å². The Hall–Kier alpha value is -2.04. The lowest BCUT2D eigenvalue weighted by atomic mass is 10.0. The lowest BCUT2D eigenvalue weighted by Crippen LogP contribution is -2.26. The van der Waals surface area contributed by atoms with Crippen molar-refractivity contribution in [3.8, 4) is 5.75 Å². The van der Waals surface area contributed by atoms with Gasteiger partial charge >= 0.3 is 0 Å². The third kappa shape index (κ3) is 20.0. The number of benzene rings is 1. The average molecular weight is 587 g/mol. The smallest absolute Gasteiger partial charge is 0.255 e. The van der Waals surface area contributed by atoms with Crippen molar-refractivity contribution in [2.24, 2.45) is 0 Å². The molecule has 1 aromatic rings. The summed E-state index contributed by atoms with van der Waals surface area (Å²) in [6, 6.07) is 5.26. The van der Waals surface area contributed by atoms with Gasteiger partial charge in [-0.25, -0.2) is 0 Å². The molecule has 0 fully saturated rings. The molecule has 0 aliphatic heterocycles. The number of unbranched alkanes of at least 4 members (excludes halogenated alkanes) is 20. The minimum Gasteiger partial charge on any atom is -0.493 e. The van der Waals surface area contributed by atoms with E-state index < -0.39 is 0 Å². The van der Waals surface area contributed by atoms with E-state index in [0.29, 0.717) is 36.6 Å². The summed E-state index contributed by atoms with van der Waals surface area (Å²) in [6.45, 7) is 8.60. The summed E-state index contributed by atoms with van der Waals surface area (Å²) >= 11 is 0. The summed E-state index contributed by atoms with van der Waals surface area (Å²) in [5, 5.41) is 6.09. The Bertz CT molecular complexity index is 795. The minimum absolute atomic E-state index is 0.0980. The lowest BCUT2D eigenvalue weighted by molar-refractivity contribution is 0.0937. The zero-order valence-corrected chi connectivity index (χ0v) is 27.8. The molecular weight excluding hydrogens is 520 g/mol. The average Bonchev–Trinajstić information content (AvgIpc) is 3.00. The predicted octanol–water partition coefficient (Wildman–Crippen LogP) is 10.6. The molecule has 0 atom stereocenters. The van der Waals surface area contributed by atoms with Crippen LogP contribution in [-0.2, 0) is 0 Å². The molecule has 0 radical (unpaired) electrons. The van der Waals surface area contributed by atoms with Crippen molar-refractivity contribution in [1.82, 2.24) is 10.6 Å². The van der Waals surface area contributed by atoms with E-state index in [-0.39, 0.29) is 11.8 Å². The van der Waals surface area contributed by atoms with Gasteiger partial charge in [-0.3, -0.25) is 9.59 Å². The summed E-state index contributed by atoms with van der Waals surface area (Å²) in [5.41, 5.74) is 1.08. The van der Waals surface area contributed by atoms with Gasteiger partial charge in [-0.05, 0) is 37.5 Å². The van der Waals surface area contributed by atoms with Gasteiger partial charge in [-0.15, -0.1) is 0 Å². The number of amides is 2. The summed E-state index contributed by atoms with van der Waals surface area (Å²) < 4.78 is 6.14. The Kier molecular flexibility index (Phi) is 25.1. The lowest BCUT2D eigenvalue weighted by Gasteiger charge is -2.14. The molecule has 0 bridgehead atoms. The van der Waals surface area contributed by atoms with Crippen molar-refractivity contribution in [2.75, 3.05) is 19.7 Å². The highest BCUT2D eigenvalue weighted by Gasteiger charge is 2.16. The summed E-state index contributed by atoms with van der Waals surface area (Å²) in [7, 11) is 0. The molecule has 0 saturated heterocycles. The molecule has 1 aromatic carbocycles. The summed E-state index contributed by atoms with van der Waals surface area (Å²) in [4.78, 5) is 25.8. The summed E-state index contributed by atoms with van der Waals surface area (Å²) in [5.74, 6) is 0.306. The van der Waals surface area contributed by atoms with Crippen molar-refractivity contribution in [2.45, 2.75) is 168 Å². The van der Waals surface area contributed by atoms with Crippen LogP contribution in [-0.4, -0.2) is 31.5 Å². The van der Waals surface area contributed by atoms with Gasteiger partial charge in [-0.2, -0.15) is 0 Å². The molecule has 0 unspecified atom stereocenters. The van der Waals surface area contributed by atoms with Crippen molar-refractivity contribution in [3.63, 3.8) is 0 Å². The van der Waals surface area contributed by atoms with Crippen LogP contribution < -0.4 is 15.4 Å². The fourth-order valence-corrected chi connectivity index (χ4v) is 5.33. The number of hydrogen-bond donors (Lipinski definition) is 2. The maximum atomic E-state index is 13.0. The van der Waals surface area contributed by atoms with Crippen LogP contribution in [0.5, 0.6) is 5.75 Å². The quantitative estimate of drug-likeness (QED) is 0.0918. The molecule has 0 saturated carbocycles. The molecule has 0 aliphatic carbocycles. The first-order valence-corrected chi connectivity index (χ1v) is 18.0. The van der Waals surface area contributed by atoms with Gasteiger partial charge in [0, 0.05) is 18.7 Å². The molecule has 0 aliphatic rings. The fraction of sp³-hybridized carbons (Fsp3) is 0.784. The van der Waals surface area contributed by atoms with E-state index >= 15 is 0 Å². The molecule has 0 spiro atoms. The first kappa shape index (κ1) is 38.0. The highest BCUT2D eigenvalue weighted by atomic mass is 16.5. The Labute approximate surface area is 259 Å².